The average molecular weight is 337 g/mol. The molecule has 0 saturated carbocycles. The summed E-state index contributed by atoms with van der Waals surface area (Å²) in [5.41, 5.74) is 0.769. The predicted molar refractivity (Wildman–Crippen MR) is 90.5 cm³/mol. The van der Waals surface area contributed by atoms with Crippen molar-refractivity contribution < 1.29 is 13.2 Å². The number of anilines is 1. The Morgan fingerprint density at radius 3 is 2.70 bits per heavy atom. The Bertz CT molecular complexity index is 665. The highest BCUT2D eigenvalue weighted by molar-refractivity contribution is 7.92. The molecule has 0 atom stereocenters. The number of sulfonamides is 1. The van der Waals surface area contributed by atoms with Crippen molar-refractivity contribution in [3.63, 3.8) is 0 Å². The third-order valence-electron chi connectivity index (χ3n) is 3.31. The highest BCUT2D eigenvalue weighted by Crippen LogP contribution is 2.19. The maximum atomic E-state index is 12.0. The molecule has 0 unspecified atom stereocenters. The van der Waals surface area contributed by atoms with Crippen LogP contribution in [0.25, 0.3) is 0 Å². The lowest BCUT2D eigenvalue weighted by atomic mass is 10.2. The molecule has 0 aliphatic carbocycles. The van der Waals surface area contributed by atoms with E-state index in [-0.39, 0.29) is 18.9 Å². The van der Waals surface area contributed by atoms with Crippen LogP contribution >= 0.6 is 0 Å². The third kappa shape index (κ3) is 6.70. The minimum absolute atomic E-state index is 0.0489. The molecule has 0 bridgehead atoms. The summed E-state index contributed by atoms with van der Waals surface area (Å²) in [6, 6.07) is 8.31. The van der Waals surface area contributed by atoms with Crippen LogP contribution in [0.1, 0.15) is 38.2 Å². The van der Waals surface area contributed by atoms with Gasteiger partial charge in [0.05, 0.1) is 23.6 Å². The molecule has 1 aromatic rings. The van der Waals surface area contributed by atoms with Crippen LogP contribution in [-0.2, 0) is 14.8 Å². The van der Waals surface area contributed by atoms with Gasteiger partial charge in [0.1, 0.15) is 0 Å². The van der Waals surface area contributed by atoms with Gasteiger partial charge in [0.15, 0.2) is 0 Å². The second-order valence-corrected chi connectivity index (χ2v) is 7.21. The minimum Gasteiger partial charge on any atom is -0.356 e. The number of benzene rings is 1. The first kappa shape index (κ1) is 19.0. The highest BCUT2D eigenvalue weighted by Gasteiger charge is 2.18. The third-order valence-corrected chi connectivity index (χ3v) is 4.50. The second-order valence-electron chi connectivity index (χ2n) is 5.30. The number of nitriles is 1. The summed E-state index contributed by atoms with van der Waals surface area (Å²) in [5, 5.41) is 11.7. The van der Waals surface area contributed by atoms with Crippen molar-refractivity contribution in [2.75, 3.05) is 23.7 Å². The average Bonchev–Trinajstić information content (AvgIpc) is 2.50. The van der Waals surface area contributed by atoms with Crippen LogP contribution < -0.4 is 9.62 Å². The number of unbranched alkanes of at least 4 members (excludes halogenated alkanes) is 2. The second kappa shape index (κ2) is 9.16. The predicted octanol–water partition coefficient (Wildman–Crippen LogP) is 2.02. The molecule has 0 aliphatic heterocycles. The summed E-state index contributed by atoms with van der Waals surface area (Å²) < 4.78 is 25.1. The molecule has 0 heterocycles. The Morgan fingerprint density at radius 1 is 1.35 bits per heavy atom. The van der Waals surface area contributed by atoms with Crippen molar-refractivity contribution in [3.8, 4) is 6.07 Å². The molecule has 0 radical (unpaired) electrons. The first-order valence-electron chi connectivity index (χ1n) is 7.63. The normalized spacial score (nSPS) is 10.8. The molecule has 23 heavy (non-hydrogen) atoms. The molecule has 1 aromatic carbocycles. The van der Waals surface area contributed by atoms with Crippen LogP contribution in [-0.4, -0.2) is 33.7 Å². The summed E-state index contributed by atoms with van der Waals surface area (Å²) >= 11 is 0. The maximum Gasteiger partial charge on any atom is 0.232 e. The Kier molecular flexibility index (Phi) is 7.55. The topological polar surface area (TPSA) is 90.3 Å². The van der Waals surface area contributed by atoms with E-state index in [4.69, 9.17) is 5.26 Å². The van der Waals surface area contributed by atoms with Gasteiger partial charge in [-0.2, -0.15) is 5.26 Å². The molecule has 0 saturated heterocycles. The molecular weight excluding hydrogens is 314 g/mol. The quantitative estimate of drug-likeness (QED) is 0.698. The fraction of sp³-hybridized carbons (Fsp3) is 0.500. The first-order valence-corrected chi connectivity index (χ1v) is 9.48. The van der Waals surface area contributed by atoms with Gasteiger partial charge in [-0.25, -0.2) is 8.42 Å². The van der Waals surface area contributed by atoms with Crippen molar-refractivity contribution in [3.05, 3.63) is 29.8 Å². The van der Waals surface area contributed by atoms with Crippen LogP contribution in [0.4, 0.5) is 5.69 Å². The molecule has 6 nitrogen and oxygen atoms in total. The molecule has 1 N–H and O–H groups in total. The summed E-state index contributed by atoms with van der Waals surface area (Å²) in [7, 11) is -3.52. The molecule has 0 fully saturated rings. The SMILES string of the molecule is CCCCCNC(=O)CCN(c1cccc(C#N)c1)S(C)(=O)=O. The zero-order valence-corrected chi connectivity index (χ0v) is 14.4. The van der Waals surface area contributed by atoms with Crippen LogP contribution in [0.2, 0.25) is 0 Å². The monoisotopic (exact) mass is 337 g/mol. The molecule has 1 amide bonds. The van der Waals surface area contributed by atoms with Crippen molar-refractivity contribution in [2.45, 2.75) is 32.6 Å². The van der Waals surface area contributed by atoms with Gasteiger partial charge in [0, 0.05) is 19.5 Å². The number of rotatable bonds is 9. The Balaban J connectivity index is 2.70. The molecular formula is C16H23N3O3S. The summed E-state index contributed by atoms with van der Waals surface area (Å²) in [4.78, 5) is 11.8. The van der Waals surface area contributed by atoms with Crippen LogP contribution in [0.5, 0.6) is 0 Å². The van der Waals surface area contributed by atoms with Gasteiger partial charge >= 0.3 is 0 Å². The van der Waals surface area contributed by atoms with Crippen molar-refractivity contribution in [2.24, 2.45) is 0 Å². The number of hydrogen-bond acceptors (Lipinski definition) is 4. The summed E-state index contributed by atoms with van der Waals surface area (Å²) in [6.45, 7) is 2.74. The van der Waals surface area contributed by atoms with Crippen LogP contribution in [0.15, 0.2) is 24.3 Å². The van der Waals surface area contributed by atoms with Gasteiger partial charge in [-0.05, 0) is 24.6 Å². The molecule has 0 aliphatic rings. The van der Waals surface area contributed by atoms with E-state index in [0.29, 0.717) is 17.8 Å². The van der Waals surface area contributed by atoms with Crippen LogP contribution in [0.3, 0.4) is 0 Å². The zero-order valence-electron chi connectivity index (χ0n) is 13.6. The zero-order chi connectivity index (χ0) is 17.3. The summed E-state index contributed by atoms with van der Waals surface area (Å²) in [5.74, 6) is -0.175. The molecule has 1 rings (SSSR count). The van der Waals surface area contributed by atoms with E-state index in [2.05, 4.69) is 12.2 Å². The highest BCUT2D eigenvalue weighted by atomic mass is 32.2. The number of hydrogen-bond donors (Lipinski definition) is 1. The van der Waals surface area contributed by atoms with Crippen LogP contribution in [0, 0.1) is 11.3 Å². The lowest BCUT2D eigenvalue weighted by Gasteiger charge is -2.22. The molecule has 7 heteroatoms. The van der Waals surface area contributed by atoms with E-state index >= 15 is 0 Å². The molecule has 126 valence electrons. The Hall–Kier alpha value is -2.07. The number of carbonyl (C=O) groups excluding carboxylic acids is 1. The lowest BCUT2D eigenvalue weighted by molar-refractivity contribution is -0.120. The van der Waals surface area contributed by atoms with E-state index in [1.165, 1.54) is 6.07 Å². The van der Waals surface area contributed by atoms with E-state index in [1.807, 2.05) is 6.07 Å². The van der Waals surface area contributed by atoms with Crippen molar-refractivity contribution in [1.29, 1.82) is 5.26 Å². The number of carbonyl (C=O) groups is 1. The smallest absolute Gasteiger partial charge is 0.232 e. The fourth-order valence-corrected chi connectivity index (χ4v) is 3.03. The van der Waals surface area contributed by atoms with Crippen molar-refractivity contribution >= 4 is 21.6 Å². The maximum absolute atomic E-state index is 12.0. The van der Waals surface area contributed by atoms with Gasteiger partial charge in [-0.3, -0.25) is 9.10 Å². The minimum atomic E-state index is -3.52. The van der Waals surface area contributed by atoms with E-state index < -0.39 is 10.0 Å². The van der Waals surface area contributed by atoms with E-state index in [9.17, 15) is 13.2 Å². The fourth-order valence-electron chi connectivity index (χ4n) is 2.11. The number of nitrogens with zero attached hydrogens (tertiary/aromatic N) is 2. The number of amides is 1. The standard InChI is InChI=1S/C16H23N3O3S/c1-3-4-5-10-18-16(20)9-11-19(23(2,21)22)15-8-6-7-14(12-15)13-17/h6-8,12H,3-5,9-11H2,1-2H3,(H,18,20). The molecule has 0 spiro atoms. The van der Waals surface area contributed by atoms with Gasteiger partial charge < -0.3 is 5.32 Å². The summed E-state index contributed by atoms with van der Waals surface area (Å²) in [6.07, 6.45) is 4.22. The van der Waals surface area contributed by atoms with Gasteiger partial charge in [-0.15, -0.1) is 0 Å². The van der Waals surface area contributed by atoms with Crippen molar-refractivity contribution in [1.82, 2.24) is 5.32 Å². The molecule has 0 aromatic heterocycles. The lowest BCUT2D eigenvalue weighted by Crippen LogP contribution is -2.35. The first-order chi connectivity index (χ1) is 10.9. The Morgan fingerprint density at radius 2 is 2.09 bits per heavy atom. The largest absolute Gasteiger partial charge is 0.356 e. The van der Waals surface area contributed by atoms with Gasteiger partial charge in [0.25, 0.3) is 0 Å². The van der Waals surface area contributed by atoms with Gasteiger partial charge in [0.2, 0.25) is 15.9 Å². The van der Waals surface area contributed by atoms with E-state index in [1.54, 1.807) is 18.2 Å². The van der Waals surface area contributed by atoms with E-state index in [0.717, 1.165) is 29.8 Å². The Labute approximate surface area is 138 Å². The number of nitrogens with one attached hydrogen (secondary N) is 1. The van der Waals surface area contributed by atoms with Gasteiger partial charge in [-0.1, -0.05) is 25.8 Å².